The highest BCUT2D eigenvalue weighted by molar-refractivity contribution is 7.87. The Morgan fingerprint density at radius 2 is 1.71 bits per heavy atom. The Morgan fingerprint density at radius 1 is 1.18 bits per heavy atom. The van der Waals surface area contributed by atoms with E-state index in [-0.39, 0.29) is 17.4 Å². The zero-order chi connectivity index (χ0) is 12.8. The number of hydrogen-bond acceptors (Lipinski definition) is 4. The molecular weight excluding hydrogens is 244 g/mol. The molecule has 3 N–H and O–H groups in total. The second-order valence-electron chi connectivity index (χ2n) is 4.22. The second-order valence-corrected chi connectivity index (χ2v) is 6.07. The molecule has 0 radical (unpaired) electrons. The molecule has 0 aliphatic heterocycles. The van der Waals surface area contributed by atoms with Crippen LogP contribution in [-0.2, 0) is 10.1 Å². The van der Waals surface area contributed by atoms with E-state index in [1.807, 2.05) is 0 Å². The minimum Gasteiger partial charge on any atom is -0.512 e. The van der Waals surface area contributed by atoms with Crippen molar-refractivity contribution in [1.29, 1.82) is 0 Å². The number of rotatable bonds is 1. The van der Waals surface area contributed by atoms with Crippen molar-refractivity contribution in [2.45, 2.75) is 18.1 Å². The van der Waals surface area contributed by atoms with Gasteiger partial charge in [-0.15, -0.1) is 0 Å². The lowest BCUT2D eigenvalue weighted by molar-refractivity contribution is 0.380. The maximum atomic E-state index is 11.3. The second kappa shape index (κ2) is 3.48. The first-order valence-electron chi connectivity index (χ1n) is 4.95. The topological polar surface area (TPSA) is 94.8 Å². The summed E-state index contributed by atoms with van der Waals surface area (Å²) >= 11 is 0. The summed E-state index contributed by atoms with van der Waals surface area (Å²) in [5.74, 6) is -0.619. The van der Waals surface area contributed by atoms with Gasteiger partial charge in [-0.3, -0.25) is 4.55 Å². The number of aliphatic hydroxyl groups is 2. The van der Waals surface area contributed by atoms with Crippen LogP contribution in [0.25, 0.3) is 11.5 Å². The Balaban J connectivity index is 2.93. The lowest BCUT2D eigenvalue weighted by atomic mass is 9.94. The van der Waals surface area contributed by atoms with Crippen LogP contribution in [-0.4, -0.2) is 27.9 Å². The van der Waals surface area contributed by atoms with Gasteiger partial charge in [-0.05, 0) is 6.92 Å². The maximum absolute atomic E-state index is 11.3. The third-order valence-corrected chi connectivity index (χ3v) is 4.54. The summed E-state index contributed by atoms with van der Waals surface area (Å²) in [6.45, 7) is 1.17. The molecule has 0 spiro atoms. The van der Waals surface area contributed by atoms with Gasteiger partial charge in [-0.2, -0.15) is 8.42 Å². The summed E-state index contributed by atoms with van der Waals surface area (Å²) in [6, 6.07) is 6.34. The van der Waals surface area contributed by atoms with Crippen LogP contribution in [0.15, 0.2) is 24.3 Å². The Labute approximate surface area is 98.1 Å². The summed E-state index contributed by atoms with van der Waals surface area (Å²) < 4.78 is 29.9. The van der Waals surface area contributed by atoms with Crippen LogP contribution in [0.5, 0.6) is 0 Å². The third-order valence-electron chi connectivity index (χ3n) is 3.07. The van der Waals surface area contributed by atoms with E-state index in [0.29, 0.717) is 5.22 Å². The minimum atomic E-state index is -4.52. The molecule has 17 heavy (non-hydrogen) atoms. The van der Waals surface area contributed by atoms with Crippen molar-refractivity contribution in [3.63, 3.8) is 0 Å². The summed E-state index contributed by atoms with van der Waals surface area (Å²) in [5, 5.41) is 20.4. The molecule has 0 saturated carbocycles. The standard InChI is InChI=1S/C11H12O5S/c1-11(17(14,15)16)6-9(12)7-4-2-3-5-8(7)10(11)13/h2-5,12-13H,6H2,1H3,(H,14,15,16)/t11-/m1/s1. The highest BCUT2D eigenvalue weighted by Crippen LogP contribution is 2.32. The lowest BCUT2D eigenvalue weighted by Gasteiger charge is -2.27. The molecule has 2 rings (SSSR count). The molecule has 0 bridgehead atoms. The molecule has 5 nitrogen and oxygen atoms in total. The molecule has 92 valence electrons. The van der Waals surface area contributed by atoms with Crippen LogP contribution < -0.4 is 10.4 Å². The zero-order valence-corrected chi connectivity index (χ0v) is 9.90. The number of fused-ring (bicyclic) bond motifs is 1. The average molecular weight is 256 g/mol. The molecule has 6 heteroatoms. The molecule has 1 aromatic rings. The first-order chi connectivity index (χ1) is 7.77. The van der Waals surface area contributed by atoms with Crippen LogP contribution in [0, 0.1) is 0 Å². The molecular formula is C11H12O5S. The lowest BCUT2D eigenvalue weighted by Crippen LogP contribution is -2.47. The maximum Gasteiger partial charge on any atom is 0.278 e. The summed E-state index contributed by atoms with van der Waals surface area (Å²) in [4.78, 5) is 0. The van der Waals surface area contributed by atoms with Crippen LogP contribution in [0.3, 0.4) is 0 Å². The van der Waals surface area contributed by atoms with E-state index in [4.69, 9.17) is 0 Å². The van der Waals surface area contributed by atoms with E-state index < -0.39 is 20.6 Å². The van der Waals surface area contributed by atoms with Crippen molar-refractivity contribution in [3.05, 3.63) is 34.7 Å². The van der Waals surface area contributed by atoms with Crippen molar-refractivity contribution in [2.75, 3.05) is 0 Å². The first kappa shape index (κ1) is 11.9. The number of benzene rings is 1. The predicted molar refractivity (Wildman–Crippen MR) is 62.3 cm³/mol. The van der Waals surface area contributed by atoms with Gasteiger partial charge in [0.05, 0.1) is 0 Å². The van der Waals surface area contributed by atoms with Crippen LogP contribution in [0.2, 0.25) is 0 Å². The van der Waals surface area contributed by atoms with Gasteiger partial charge in [0.15, 0.2) is 4.75 Å². The Kier molecular flexibility index (Phi) is 2.44. The zero-order valence-electron chi connectivity index (χ0n) is 9.08. The van der Waals surface area contributed by atoms with E-state index in [2.05, 4.69) is 0 Å². The van der Waals surface area contributed by atoms with Gasteiger partial charge in [0.2, 0.25) is 0 Å². The van der Waals surface area contributed by atoms with Crippen molar-refractivity contribution in [2.24, 2.45) is 0 Å². The fourth-order valence-corrected chi connectivity index (χ4v) is 2.61. The van der Waals surface area contributed by atoms with Crippen LogP contribution in [0.4, 0.5) is 0 Å². The summed E-state index contributed by atoms with van der Waals surface area (Å²) in [7, 11) is -4.52. The largest absolute Gasteiger partial charge is 0.512 e. The van der Waals surface area contributed by atoms with Gasteiger partial charge in [0.25, 0.3) is 10.1 Å². The van der Waals surface area contributed by atoms with Gasteiger partial charge >= 0.3 is 0 Å². The molecule has 0 amide bonds. The van der Waals surface area contributed by atoms with E-state index in [0.717, 1.165) is 0 Å². The molecule has 1 aromatic carbocycles. The van der Waals surface area contributed by atoms with Crippen molar-refractivity contribution in [1.82, 2.24) is 0 Å². The van der Waals surface area contributed by atoms with Crippen molar-refractivity contribution >= 4 is 21.6 Å². The smallest absolute Gasteiger partial charge is 0.278 e. The highest BCUT2D eigenvalue weighted by Gasteiger charge is 2.45. The molecule has 0 fully saturated rings. The van der Waals surface area contributed by atoms with Gasteiger partial charge < -0.3 is 10.2 Å². The number of aliphatic hydroxyl groups excluding tert-OH is 2. The van der Waals surface area contributed by atoms with Gasteiger partial charge in [-0.25, -0.2) is 0 Å². The minimum absolute atomic E-state index is 0.168. The third kappa shape index (κ3) is 1.60. The van der Waals surface area contributed by atoms with Crippen LogP contribution >= 0.6 is 0 Å². The Hall–Kier alpha value is -1.53. The van der Waals surface area contributed by atoms with E-state index >= 15 is 0 Å². The molecule has 0 aromatic heterocycles. The Bertz CT molecular complexity index is 689. The SMILES string of the molecule is C[C@@]1(S(=O)(=O)O)CC(O)=c2ccccc2=C1O. The predicted octanol–water partition coefficient (Wildman–Crippen LogP) is 0.0692. The van der Waals surface area contributed by atoms with Crippen molar-refractivity contribution in [3.8, 4) is 0 Å². The van der Waals surface area contributed by atoms with E-state index in [1.54, 1.807) is 18.2 Å². The van der Waals surface area contributed by atoms with Gasteiger partial charge in [0.1, 0.15) is 11.5 Å². The Morgan fingerprint density at radius 3 is 2.24 bits per heavy atom. The summed E-state index contributed by atoms with van der Waals surface area (Å²) in [6.07, 6.45) is -0.353. The fourth-order valence-electron chi connectivity index (χ4n) is 1.94. The first-order valence-corrected chi connectivity index (χ1v) is 6.39. The van der Waals surface area contributed by atoms with E-state index in [9.17, 15) is 23.2 Å². The average Bonchev–Trinajstić information content (AvgIpc) is 2.25. The fraction of sp³-hybridized carbons (Fsp3) is 0.273. The van der Waals surface area contributed by atoms with Gasteiger partial charge in [-0.1, -0.05) is 24.3 Å². The quantitative estimate of drug-likeness (QED) is 0.618. The summed E-state index contributed by atoms with van der Waals surface area (Å²) in [5.41, 5.74) is 0. The molecule has 0 saturated heterocycles. The molecule has 0 unspecified atom stereocenters. The number of hydrogen-bond donors (Lipinski definition) is 3. The molecule has 0 heterocycles. The molecule has 1 aliphatic carbocycles. The highest BCUT2D eigenvalue weighted by atomic mass is 32.2. The monoisotopic (exact) mass is 256 g/mol. The van der Waals surface area contributed by atoms with Crippen molar-refractivity contribution < 1.29 is 23.2 Å². The van der Waals surface area contributed by atoms with E-state index in [1.165, 1.54) is 13.0 Å². The van der Waals surface area contributed by atoms with Crippen LogP contribution in [0.1, 0.15) is 13.3 Å². The molecule has 1 atom stereocenters. The normalized spacial score (nSPS) is 24.6. The molecule has 1 aliphatic rings. The van der Waals surface area contributed by atoms with Gasteiger partial charge in [0, 0.05) is 16.9 Å².